The van der Waals surface area contributed by atoms with Crippen LogP contribution in [0.25, 0.3) is 0 Å². The van der Waals surface area contributed by atoms with Crippen molar-refractivity contribution in [1.29, 1.82) is 5.26 Å². The van der Waals surface area contributed by atoms with Crippen molar-refractivity contribution in [2.75, 3.05) is 6.26 Å². The Morgan fingerprint density at radius 1 is 1.26 bits per heavy atom. The van der Waals surface area contributed by atoms with Gasteiger partial charge in [0.1, 0.15) is 22.8 Å². The Balaban J connectivity index is 3.22. The van der Waals surface area contributed by atoms with E-state index >= 15 is 0 Å². The number of rotatable bonds is 4. The second kappa shape index (κ2) is 5.45. The van der Waals surface area contributed by atoms with E-state index in [9.17, 15) is 22.0 Å². The third kappa shape index (κ3) is 3.58. The number of hydrogen-bond donors (Lipinski definition) is 0. The van der Waals surface area contributed by atoms with Gasteiger partial charge in [0.15, 0.2) is 15.6 Å². The summed E-state index contributed by atoms with van der Waals surface area (Å²) in [5, 5.41) is 7.52. The van der Waals surface area contributed by atoms with E-state index in [0.717, 1.165) is 25.3 Å². The molecule has 0 radical (unpaired) electrons. The van der Waals surface area contributed by atoms with E-state index in [1.54, 1.807) is 6.07 Å². The van der Waals surface area contributed by atoms with Gasteiger partial charge in [-0.25, -0.2) is 17.2 Å². The number of benzene rings is 1. The first kappa shape index (κ1) is 15.2. The highest BCUT2D eigenvalue weighted by molar-refractivity contribution is 7.92. The molecule has 0 spiro atoms. The average Bonchev–Trinajstić information content (AvgIpc) is 2.26. The minimum absolute atomic E-state index is 0.194. The predicted molar refractivity (Wildman–Crippen MR) is 64.0 cm³/mol. The number of Topliss-reactive ketones (excluding diaryl/α,β-unsaturated/α-hetero) is 1. The molecule has 2 unspecified atom stereocenters. The van der Waals surface area contributed by atoms with Gasteiger partial charge >= 0.3 is 0 Å². The van der Waals surface area contributed by atoms with E-state index < -0.39 is 38.4 Å². The molecule has 0 amide bonds. The molecule has 1 rings (SSSR count). The number of carbonyl (C=O) groups is 1. The zero-order valence-electron chi connectivity index (χ0n) is 10.2. The summed E-state index contributed by atoms with van der Waals surface area (Å²) in [6.45, 7) is 1.14. The standard InChI is InChI=1S/C12H11F2NO3S/c1-7(19(2,17)18)12(16)11(6-15)8-3-9(13)5-10(14)4-8/h3-5,7,11H,1-2H3. The molecule has 0 aromatic heterocycles. The van der Waals surface area contributed by atoms with Crippen LogP contribution in [0.4, 0.5) is 8.78 Å². The van der Waals surface area contributed by atoms with Crippen molar-refractivity contribution in [2.24, 2.45) is 0 Å². The summed E-state index contributed by atoms with van der Waals surface area (Å²) in [6.07, 6.45) is 0.857. The van der Waals surface area contributed by atoms with Crippen LogP contribution >= 0.6 is 0 Å². The smallest absolute Gasteiger partial charge is 0.172 e. The number of nitriles is 1. The number of ketones is 1. The highest BCUT2D eigenvalue weighted by Gasteiger charge is 2.31. The first-order chi connectivity index (χ1) is 8.66. The van der Waals surface area contributed by atoms with Gasteiger partial charge in [-0.1, -0.05) is 0 Å². The molecule has 0 N–H and O–H groups in total. The number of sulfone groups is 1. The number of carbonyl (C=O) groups excluding carboxylic acids is 1. The van der Waals surface area contributed by atoms with Gasteiger partial charge < -0.3 is 0 Å². The van der Waals surface area contributed by atoms with Crippen LogP contribution in [0.3, 0.4) is 0 Å². The molecule has 0 saturated carbocycles. The summed E-state index contributed by atoms with van der Waals surface area (Å²) < 4.78 is 48.6. The van der Waals surface area contributed by atoms with Crippen molar-refractivity contribution in [3.05, 3.63) is 35.4 Å². The van der Waals surface area contributed by atoms with Gasteiger partial charge in [0.05, 0.1) is 6.07 Å². The predicted octanol–water partition coefficient (Wildman–Crippen LogP) is 1.57. The van der Waals surface area contributed by atoms with Crippen molar-refractivity contribution in [3.8, 4) is 6.07 Å². The van der Waals surface area contributed by atoms with Crippen molar-refractivity contribution < 1.29 is 22.0 Å². The third-order valence-corrected chi connectivity index (χ3v) is 4.19. The summed E-state index contributed by atoms with van der Waals surface area (Å²) in [5.41, 5.74) is -0.194. The fraction of sp³-hybridized carbons (Fsp3) is 0.333. The van der Waals surface area contributed by atoms with Crippen molar-refractivity contribution in [1.82, 2.24) is 0 Å². The van der Waals surface area contributed by atoms with Gasteiger partial charge in [0.25, 0.3) is 0 Å². The lowest BCUT2D eigenvalue weighted by atomic mass is 9.94. The Labute approximate surface area is 109 Å². The molecule has 0 bridgehead atoms. The number of halogens is 2. The second-order valence-corrected chi connectivity index (χ2v) is 6.51. The zero-order valence-corrected chi connectivity index (χ0v) is 11.0. The lowest BCUT2D eigenvalue weighted by Gasteiger charge is -2.13. The molecule has 7 heteroatoms. The molecule has 19 heavy (non-hydrogen) atoms. The number of nitrogens with zero attached hydrogens (tertiary/aromatic N) is 1. The molecule has 1 aromatic carbocycles. The molecule has 0 heterocycles. The molecule has 0 aliphatic heterocycles. The maximum absolute atomic E-state index is 13.0. The Bertz CT molecular complexity index is 629. The maximum atomic E-state index is 13.0. The molecule has 1 aromatic rings. The molecular formula is C12H11F2NO3S. The van der Waals surface area contributed by atoms with Crippen LogP contribution in [0, 0.1) is 23.0 Å². The Morgan fingerprint density at radius 2 is 1.74 bits per heavy atom. The summed E-state index contributed by atoms with van der Waals surface area (Å²) in [7, 11) is -3.67. The third-order valence-electron chi connectivity index (χ3n) is 2.67. The van der Waals surface area contributed by atoms with Gasteiger partial charge in [-0.15, -0.1) is 0 Å². The molecule has 0 aliphatic rings. The summed E-state index contributed by atoms with van der Waals surface area (Å²) >= 11 is 0. The SMILES string of the molecule is CC(C(=O)C(C#N)c1cc(F)cc(F)c1)S(C)(=O)=O. The van der Waals surface area contributed by atoms with E-state index in [1.165, 1.54) is 0 Å². The first-order valence-corrected chi connectivity index (χ1v) is 7.20. The van der Waals surface area contributed by atoms with E-state index in [2.05, 4.69) is 0 Å². The lowest BCUT2D eigenvalue weighted by Crippen LogP contribution is -2.30. The molecule has 4 nitrogen and oxygen atoms in total. The summed E-state index contributed by atoms with van der Waals surface area (Å²) in [5.74, 6) is -4.30. The summed E-state index contributed by atoms with van der Waals surface area (Å²) in [6, 6.07) is 3.85. The van der Waals surface area contributed by atoms with E-state index in [-0.39, 0.29) is 5.56 Å². The van der Waals surface area contributed by atoms with Crippen LogP contribution in [-0.2, 0) is 14.6 Å². The van der Waals surface area contributed by atoms with Gasteiger partial charge in [0.2, 0.25) is 0 Å². The highest BCUT2D eigenvalue weighted by Crippen LogP contribution is 2.22. The molecular weight excluding hydrogens is 276 g/mol. The Kier molecular flexibility index (Phi) is 4.37. The van der Waals surface area contributed by atoms with Crippen molar-refractivity contribution >= 4 is 15.6 Å². The van der Waals surface area contributed by atoms with Crippen LogP contribution in [0.2, 0.25) is 0 Å². The highest BCUT2D eigenvalue weighted by atomic mass is 32.2. The minimum Gasteiger partial charge on any atom is -0.296 e. The van der Waals surface area contributed by atoms with Crippen LogP contribution in [0.5, 0.6) is 0 Å². The Hall–Kier alpha value is -1.81. The molecule has 0 fully saturated rings. The van der Waals surface area contributed by atoms with Gasteiger partial charge in [-0.2, -0.15) is 5.26 Å². The molecule has 2 atom stereocenters. The minimum atomic E-state index is -3.67. The fourth-order valence-corrected chi connectivity index (χ4v) is 2.05. The van der Waals surface area contributed by atoms with E-state index in [0.29, 0.717) is 6.07 Å². The Morgan fingerprint density at radius 3 is 2.11 bits per heavy atom. The molecule has 0 saturated heterocycles. The van der Waals surface area contributed by atoms with Crippen molar-refractivity contribution in [3.63, 3.8) is 0 Å². The lowest BCUT2D eigenvalue weighted by molar-refractivity contribution is -0.118. The first-order valence-electron chi connectivity index (χ1n) is 5.25. The number of hydrogen-bond acceptors (Lipinski definition) is 4. The molecule has 0 aliphatic carbocycles. The fourth-order valence-electron chi connectivity index (χ4n) is 1.49. The van der Waals surface area contributed by atoms with E-state index in [1.807, 2.05) is 0 Å². The largest absolute Gasteiger partial charge is 0.296 e. The average molecular weight is 287 g/mol. The topological polar surface area (TPSA) is 75.0 Å². The normalized spacial score (nSPS) is 14.5. The van der Waals surface area contributed by atoms with Crippen LogP contribution in [0.1, 0.15) is 18.4 Å². The quantitative estimate of drug-likeness (QED) is 0.842. The van der Waals surface area contributed by atoms with Gasteiger partial charge in [-0.05, 0) is 24.6 Å². The zero-order chi connectivity index (χ0) is 14.8. The second-order valence-electron chi connectivity index (χ2n) is 4.14. The monoisotopic (exact) mass is 287 g/mol. The van der Waals surface area contributed by atoms with Crippen molar-refractivity contribution in [2.45, 2.75) is 18.1 Å². The van der Waals surface area contributed by atoms with Crippen LogP contribution < -0.4 is 0 Å². The van der Waals surface area contributed by atoms with E-state index in [4.69, 9.17) is 5.26 Å². The van der Waals surface area contributed by atoms with Crippen LogP contribution in [-0.4, -0.2) is 25.7 Å². The molecule has 102 valence electrons. The maximum Gasteiger partial charge on any atom is 0.172 e. The van der Waals surface area contributed by atoms with Crippen LogP contribution in [0.15, 0.2) is 18.2 Å². The van der Waals surface area contributed by atoms with Gasteiger partial charge in [-0.3, -0.25) is 4.79 Å². The van der Waals surface area contributed by atoms with Gasteiger partial charge in [0, 0.05) is 12.3 Å². The summed E-state index contributed by atoms with van der Waals surface area (Å²) in [4.78, 5) is 11.9.